The van der Waals surface area contributed by atoms with Gasteiger partial charge in [0.2, 0.25) is 0 Å². The maximum absolute atomic E-state index is 11.0. The predicted molar refractivity (Wildman–Crippen MR) is 50.9 cm³/mol. The molecule has 11 heavy (non-hydrogen) atoms. The normalized spacial score (nSPS) is 12.9. The lowest BCUT2D eigenvalue weighted by atomic mass is 10.3. The van der Waals surface area contributed by atoms with E-state index in [0.717, 1.165) is 4.47 Å². The first-order valence-electron chi connectivity index (χ1n) is 2.99. The Kier molecular flexibility index (Phi) is 2.67. The Morgan fingerprint density at radius 3 is 2.64 bits per heavy atom. The van der Waals surface area contributed by atoms with Crippen LogP contribution in [0.25, 0.3) is 0 Å². The fraction of sp³-hybridized carbons (Fsp3) is 0.143. The van der Waals surface area contributed by atoms with E-state index in [1.54, 1.807) is 18.4 Å². The van der Waals surface area contributed by atoms with Crippen molar-refractivity contribution in [2.24, 2.45) is 0 Å². The second kappa shape index (κ2) is 3.36. The molecular formula is C7H8BrNOS. The van der Waals surface area contributed by atoms with Crippen LogP contribution in [0.3, 0.4) is 0 Å². The van der Waals surface area contributed by atoms with Crippen LogP contribution in [-0.2, 0) is 10.8 Å². The van der Waals surface area contributed by atoms with Crippen LogP contribution in [0.1, 0.15) is 0 Å². The molecule has 1 aromatic rings. The summed E-state index contributed by atoms with van der Waals surface area (Å²) in [5.41, 5.74) is 6.15. The van der Waals surface area contributed by atoms with E-state index in [1.807, 2.05) is 6.07 Å². The van der Waals surface area contributed by atoms with Gasteiger partial charge in [0.15, 0.2) is 0 Å². The molecule has 0 aliphatic rings. The third-order valence-corrected chi connectivity index (χ3v) is 2.75. The highest BCUT2D eigenvalue weighted by Crippen LogP contribution is 2.20. The Bertz CT molecular complexity index is 300. The summed E-state index contributed by atoms with van der Waals surface area (Å²) in [7, 11) is -1.01. The van der Waals surface area contributed by atoms with E-state index in [-0.39, 0.29) is 0 Å². The summed E-state index contributed by atoms with van der Waals surface area (Å²) in [5.74, 6) is 0. The van der Waals surface area contributed by atoms with Gasteiger partial charge in [-0.15, -0.1) is 0 Å². The lowest BCUT2D eigenvalue weighted by Crippen LogP contribution is -1.95. The monoisotopic (exact) mass is 233 g/mol. The van der Waals surface area contributed by atoms with Crippen molar-refractivity contribution in [2.45, 2.75) is 4.90 Å². The third-order valence-electron chi connectivity index (χ3n) is 1.29. The second-order valence-corrected chi connectivity index (χ2v) is 4.40. The number of nitrogen functional groups attached to an aromatic ring is 1. The van der Waals surface area contributed by atoms with E-state index in [2.05, 4.69) is 15.9 Å². The zero-order valence-corrected chi connectivity index (χ0v) is 8.41. The molecule has 0 radical (unpaired) electrons. The summed E-state index contributed by atoms with van der Waals surface area (Å²) in [4.78, 5) is 0.680. The first kappa shape index (κ1) is 8.74. The molecule has 0 heterocycles. The molecule has 0 fully saturated rings. The fourth-order valence-electron chi connectivity index (χ4n) is 0.757. The minimum absolute atomic E-state index is 0.578. The summed E-state index contributed by atoms with van der Waals surface area (Å²) in [6.45, 7) is 0. The summed E-state index contributed by atoms with van der Waals surface area (Å²) in [5, 5.41) is 0. The zero-order chi connectivity index (χ0) is 8.43. The van der Waals surface area contributed by atoms with Crippen molar-refractivity contribution in [2.75, 3.05) is 12.0 Å². The Morgan fingerprint density at radius 2 is 2.18 bits per heavy atom. The second-order valence-electron chi connectivity index (χ2n) is 2.14. The van der Waals surface area contributed by atoms with Gasteiger partial charge in [0.25, 0.3) is 0 Å². The Labute approximate surface area is 76.4 Å². The molecule has 0 aliphatic carbocycles. The average molecular weight is 234 g/mol. The smallest absolute Gasteiger partial charge is 0.0625 e. The molecule has 2 nitrogen and oxygen atoms in total. The minimum Gasteiger partial charge on any atom is -0.398 e. The van der Waals surface area contributed by atoms with E-state index >= 15 is 0 Å². The summed E-state index contributed by atoms with van der Waals surface area (Å²) in [6.07, 6.45) is 1.61. The molecule has 1 aromatic carbocycles. The molecule has 1 unspecified atom stereocenters. The Morgan fingerprint density at radius 1 is 1.55 bits per heavy atom. The molecule has 0 saturated carbocycles. The van der Waals surface area contributed by atoms with E-state index < -0.39 is 10.8 Å². The van der Waals surface area contributed by atoms with Crippen LogP contribution in [0.15, 0.2) is 27.6 Å². The number of rotatable bonds is 1. The molecule has 2 N–H and O–H groups in total. The van der Waals surface area contributed by atoms with Crippen molar-refractivity contribution in [3.05, 3.63) is 22.7 Å². The number of nitrogens with two attached hydrogens (primary N) is 1. The van der Waals surface area contributed by atoms with Crippen molar-refractivity contribution < 1.29 is 4.21 Å². The number of hydrogen-bond donors (Lipinski definition) is 1. The summed E-state index contributed by atoms with van der Waals surface area (Å²) >= 11 is 3.27. The van der Waals surface area contributed by atoms with Crippen molar-refractivity contribution in [1.82, 2.24) is 0 Å². The van der Waals surface area contributed by atoms with Gasteiger partial charge in [0, 0.05) is 16.4 Å². The highest BCUT2D eigenvalue weighted by atomic mass is 79.9. The molecular weight excluding hydrogens is 226 g/mol. The van der Waals surface area contributed by atoms with Crippen molar-refractivity contribution in [3.8, 4) is 0 Å². The standard InChI is InChI=1S/C7H8BrNOS/c1-11(10)7-4-5(8)2-3-6(7)9/h2-4H,9H2,1H3. The highest BCUT2D eigenvalue weighted by molar-refractivity contribution is 9.10. The van der Waals surface area contributed by atoms with Crippen molar-refractivity contribution >= 4 is 32.4 Å². The Balaban J connectivity index is 3.23. The van der Waals surface area contributed by atoms with Crippen LogP contribution in [0.5, 0.6) is 0 Å². The fourth-order valence-corrected chi connectivity index (χ4v) is 1.96. The van der Waals surface area contributed by atoms with Gasteiger partial charge >= 0.3 is 0 Å². The van der Waals surface area contributed by atoms with Gasteiger partial charge in [-0.1, -0.05) is 15.9 Å². The zero-order valence-electron chi connectivity index (χ0n) is 6.00. The summed E-state index contributed by atoms with van der Waals surface area (Å²) in [6, 6.07) is 5.33. The lowest BCUT2D eigenvalue weighted by molar-refractivity contribution is 0.687. The molecule has 0 amide bonds. The Hall–Kier alpha value is -0.350. The SMILES string of the molecule is CS(=O)c1cc(Br)ccc1N. The van der Waals surface area contributed by atoms with Gasteiger partial charge < -0.3 is 5.73 Å². The van der Waals surface area contributed by atoms with Crippen LogP contribution < -0.4 is 5.73 Å². The molecule has 0 saturated heterocycles. The first-order valence-corrected chi connectivity index (χ1v) is 5.35. The van der Waals surface area contributed by atoms with Crippen LogP contribution in [0, 0.1) is 0 Å². The van der Waals surface area contributed by atoms with E-state index in [9.17, 15) is 4.21 Å². The van der Waals surface area contributed by atoms with Gasteiger partial charge in [-0.3, -0.25) is 4.21 Å². The van der Waals surface area contributed by atoms with Gasteiger partial charge in [0.05, 0.1) is 15.7 Å². The third kappa shape index (κ3) is 2.04. The molecule has 0 aromatic heterocycles. The number of benzene rings is 1. The molecule has 0 bridgehead atoms. The topological polar surface area (TPSA) is 43.1 Å². The van der Waals surface area contributed by atoms with Crippen LogP contribution in [0.2, 0.25) is 0 Å². The molecule has 4 heteroatoms. The number of halogens is 1. The molecule has 60 valence electrons. The molecule has 0 spiro atoms. The number of anilines is 1. The lowest BCUT2D eigenvalue weighted by Gasteiger charge is -2.01. The van der Waals surface area contributed by atoms with Gasteiger partial charge in [0.1, 0.15) is 0 Å². The van der Waals surface area contributed by atoms with Crippen molar-refractivity contribution in [1.29, 1.82) is 0 Å². The van der Waals surface area contributed by atoms with Crippen molar-refractivity contribution in [3.63, 3.8) is 0 Å². The van der Waals surface area contributed by atoms with E-state index in [4.69, 9.17) is 5.73 Å². The maximum Gasteiger partial charge on any atom is 0.0625 e. The van der Waals surface area contributed by atoms with Crippen LogP contribution >= 0.6 is 15.9 Å². The van der Waals surface area contributed by atoms with Gasteiger partial charge in [-0.2, -0.15) is 0 Å². The van der Waals surface area contributed by atoms with Gasteiger partial charge in [-0.25, -0.2) is 0 Å². The highest BCUT2D eigenvalue weighted by Gasteiger charge is 2.02. The first-order chi connectivity index (χ1) is 5.11. The predicted octanol–water partition coefficient (Wildman–Crippen LogP) is 1.77. The molecule has 1 rings (SSSR count). The van der Waals surface area contributed by atoms with Crippen LogP contribution in [-0.4, -0.2) is 10.5 Å². The largest absolute Gasteiger partial charge is 0.398 e. The average Bonchev–Trinajstić information content (AvgIpc) is 1.94. The molecule has 0 aliphatic heterocycles. The van der Waals surface area contributed by atoms with Crippen LogP contribution in [0.4, 0.5) is 5.69 Å². The van der Waals surface area contributed by atoms with Gasteiger partial charge in [-0.05, 0) is 18.2 Å². The van der Waals surface area contributed by atoms with E-state index in [0.29, 0.717) is 10.6 Å². The minimum atomic E-state index is -1.01. The summed E-state index contributed by atoms with van der Waals surface area (Å²) < 4.78 is 11.9. The number of hydrogen-bond acceptors (Lipinski definition) is 2. The maximum atomic E-state index is 11.0. The molecule has 1 atom stereocenters. The quantitative estimate of drug-likeness (QED) is 0.752. The van der Waals surface area contributed by atoms with E-state index in [1.165, 1.54) is 0 Å².